The Labute approximate surface area is 90.2 Å². The van der Waals surface area contributed by atoms with E-state index < -0.39 is 12.6 Å². The Morgan fingerprint density at radius 2 is 2.00 bits per heavy atom. The number of nitrogen functional groups attached to an aromatic ring is 1. The SMILES string of the molecule is Nc1cc(Cl)c(Cl)cc1OCC(=O)O. The van der Waals surface area contributed by atoms with E-state index in [0.29, 0.717) is 5.02 Å². The molecule has 0 unspecified atom stereocenters. The minimum Gasteiger partial charge on any atom is -0.480 e. The van der Waals surface area contributed by atoms with Crippen molar-refractivity contribution in [2.45, 2.75) is 0 Å². The summed E-state index contributed by atoms with van der Waals surface area (Å²) in [5.41, 5.74) is 5.77. The van der Waals surface area contributed by atoms with Gasteiger partial charge >= 0.3 is 5.97 Å². The van der Waals surface area contributed by atoms with E-state index in [0.717, 1.165) is 0 Å². The maximum Gasteiger partial charge on any atom is 0.341 e. The van der Waals surface area contributed by atoms with Crippen LogP contribution in [0.5, 0.6) is 5.75 Å². The van der Waals surface area contributed by atoms with Crippen LogP contribution >= 0.6 is 23.2 Å². The topological polar surface area (TPSA) is 72.5 Å². The average molecular weight is 236 g/mol. The Kier molecular flexibility index (Phi) is 3.43. The van der Waals surface area contributed by atoms with Crippen LogP contribution in [-0.2, 0) is 4.79 Å². The normalized spacial score (nSPS) is 9.86. The molecule has 1 rings (SSSR count). The third-order valence-electron chi connectivity index (χ3n) is 1.40. The van der Waals surface area contributed by atoms with Gasteiger partial charge in [0.25, 0.3) is 0 Å². The summed E-state index contributed by atoms with van der Waals surface area (Å²) in [7, 11) is 0. The van der Waals surface area contributed by atoms with Crippen molar-refractivity contribution < 1.29 is 14.6 Å². The monoisotopic (exact) mass is 235 g/mol. The summed E-state index contributed by atoms with van der Waals surface area (Å²) in [6.45, 7) is -0.470. The number of ether oxygens (including phenoxy) is 1. The molecule has 6 heteroatoms. The standard InChI is InChI=1S/C8H7Cl2NO3/c9-4-1-6(11)7(2-5(4)10)14-3-8(12)13/h1-2H,3,11H2,(H,12,13). The van der Waals surface area contributed by atoms with Crippen molar-refractivity contribution in [2.24, 2.45) is 0 Å². The molecule has 0 bridgehead atoms. The van der Waals surface area contributed by atoms with Gasteiger partial charge in [0.15, 0.2) is 6.61 Å². The number of rotatable bonds is 3. The van der Waals surface area contributed by atoms with Gasteiger partial charge in [0.05, 0.1) is 15.7 Å². The van der Waals surface area contributed by atoms with Gasteiger partial charge in [-0.15, -0.1) is 0 Å². The lowest BCUT2D eigenvalue weighted by molar-refractivity contribution is -0.139. The van der Waals surface area contributed by atoms with Crippen molar-refractivity contribution in [3.05, 3.63) is 22.2 Å². The quantitative estimate of drug-likeness (QED) is 0.787. The molecule has 0 fully saturated rings. The largest absolute Gasteiger partial charge is 0.480 e. The number of nitrogens with two attached hydrogens (primary N) is 1. The number of aliphatic carboxylic acids is 1. The highest BCUT2D eigenvalue weighted by Gasteiger charge is 2.07. The second-order valence-corrected chi connectivity index (χ2v) is 3.30. The van der Waals surface area contributed by atoms with Crippen molar-refractivity contribution in [1.82, 2.24) is 0 Å². The first kappa shape index (κ1) is 10.9. The average Bonchev–Trinajstić information content (AvgIpc) is 2.09. The van der Waals surface area contributed by atoms with Gasteiger partial charge in [-0.25, -0.2) is 4.79 Å². The van der Waals surface area contributed by atoms with Crippen LogP contribution in [0, 0.1) is 0 Å². The second-order valence-electron chi connectivity index (χ2n) is 2.49. The molecule has 76 valence electrons. The third-order valence-corrected chi connectivity index (χ3v) is 2.13. The van der Waals surface area contributed by atoms with Crippen LogP contribution < -0.4 is 10.5 Å². The summed E-state index contributed by atoms with van der Waals surface area (Å²) in [4.78, 5) is 10.2. The van der Waals surface area contributed by atoms with Crippen molar-refractivity contribution >= 4 is 34.9 Å². The van der Waals surface area contributed by atoms with Crippen LogP contribution in [0.25, 0.3) is 0 Å². The molecule has 0 atom stereocenters. The molecule has 0 aromatic heterocycles. The first-order chi connectivity index (χ1) is 6.50. The number of carboxylic acids is 1. The van der Waals surface area contributed by atoms with Crippen LogP contribution in [0.4, 0.5) is 5.69 Å². The molecular formula is C8H7Cl2NO3. The van der Waals surface area contributed by atoms with E-state index in [2.05, 4.69) is 0 Å². The van der Waals surface area contributed by atoms with Gasteiger partial charge < -0.3 is 15.6 Å². The second kappa shape index (κ2) is 4.39. The Hall–Kier alpha value is -1.13. The minimum atomic E-state index is -1.09. The summed E-state index contributed by atoms with van der Waals surface area (Å²) >= 11 is 11.4. The maximum atomic E-state index is 10.2. The molecule has 0 saturated carbocycles. The number of hydrogen-bond acceptors (Lipinski definition) is 3. The molecule has 0 aliphatic heterocycles. The van der Waals surface area contributed by atoms with E-state index in [1.807, 2.05) is 0 Å². The lowest BCUT2D eigenvalue weighted by atomic mass is 10.3. The summed E-state index contributed by atoms with van der Waals surface area (Å²) in [6, 6.07) is 2.78. The first-order valence-corrected chi connectivity index (χ1v) is 4.35. The zero-order chi connectivity index (χ0) is 10.7. The lowest BCUT2D eigenvalue weighted by Crippen LogP contribution is -2.10. The van der Waals surface area contributed by atoms with Crippen LogP contribution in [0.15, 0.2) is 12.1 Å². The lowest BCUT2D eigenvalue weighted by Gasteiger charge is -2.07. The summed E-state index contributed by atoms with van der Waals surface area (Å²) in [6.07, 6.45) is 0. The van der Waals surface area contributed by atoms with Gasteiger partial charge in [-0.3, -0.25) is 0 Å². The highest BCUT2D eigenvalue weighted by Crippen LogP contribution is 2.32. The molecule has 4 nitrogen and oxygen atoms in total. The highest BCUT2D eigenvalue weighted by molar-refractivity contribution is 6.42. The van der Waals surface area contributed by atoms with Crippen LogP contribution in [0.1, 0.15) is 0 Å². The minimum absolute atomic E-state index is 0.210. The predicted molar refractivity (Wildman–Crippen MR) is 54.0 cm³/mol. The Bertz CT molecular complexity index is 368. The van der Waals surface area contributed by atoms with Crippen LogP contribution in [0.2, 0.25) is 10.0 Å². The number of carbonyl (C=O) groups is 1. The molecule has 3 N–H and O–H groups in total. The fourth-order valence-electron chi connectivity index (χ4n) is 0.808. The molecular weight excluding hydrogens is 229 g/mol. The molecule has 0 amide bonds. The molecule has 1 aromatic carbocycles. The van der Waals surface area contributed by atoms with Crippen molar-refractivity contribution in [3.8, 4) is 5.75 Å². The molecule has 0 aliphatic carbocycles. The van der Waals surface area contributed by atoms with E-state index in [1.54, 1.807) is 0 Å². The highest BCUT2D eigenvalue weighted by atomic mass is 35.5. The molecule has 0 saturated heterocycles. The fraction of sp³-hybridized carbons (Fsp3) is 0.125. The van der Waals surface area contributed by atoms with Crippen LogP contribution in [0.3, 0.4) is 0 Å². The first-order valence-electron chi connectivity index (χ1n) is 3.60. The van der Waals surface area contributed by atoms with E-state index >= 15 is 0 Å². The van der Waals surface area contributed by atoms with E-state index in [-0.39, 0.29) is 16.5 Å². The van der Waals surface area contributed by atoms with Gasteiger partial charge in [0, 0.05) is 6.07 Å². The maximum absolute atomic E-state index is 10.2. The number of hydrogen-bond donors (Lipinski definition) is 2. The summed E-state index contributed by atoms with van der Waals surface area (Å²) in [5, 5.41) is 8.93. The zero-order valence-electron chi connectivity index (χ0n) is 6.96. The number of anilines is 1. The van der Waals surface area contributed by atoms with Crippen molar-refractivity contribution in [3.63, 3.8) is 0 Å². The van der Waals surface area contributed by atoms with E-state index in [9.17, 15) is 4.79 Å². The van der Waals surface area contributed by atoms with E-state index in [4.69, 9.17) is 38.8 Å². The van der Waals surface area contributed by atoms with Gasteiger partial charge in [-0.05, 0) is 6.07 Å². The molecule has 14 heavy (non-hydrogen) atoms. The summed E-state index contributed by atoms with van der Waals surface area (Å²) in [5.74, 6) is -0.878. The fourth-order valence-corrected chi connectivity index (χ4v) is 1.13. The van der Waals surface area contributed by atoms with E-state index in [1.165, 1.54) is 12.1 Å². The van der Waals surface area contributed by atoms with Gasteiger partial charge in [-0.2, -0.15) is 0 Å². The number of benzene rings is 1. The van der Waals surface area contributed by atoms with Crippen molar-refractivity contribution in [2.75, 3.05) is 12.3 Å². The zero-order valence-corrected chi connectivity index (χ0v) is 8.47. The predicted octanol–water partition coefficient (Wildman–Crippen LogP) is 2.04. The molecule has 1 aromatic rings. The van der Waals surface area contributed by atoms with Crippen molar-refractivity contribution in [1.29, 1.82) is 0 Å². The molecule has 0 heterocycles. The third kappa shape index (κ3) is 2.68. The molecule has 0 radical (unpaired) electrons. The Morgan fingerprint density at radius 1 is 1.43 bits per heavy atom. The van der Waals surface area contributed by atoms with Gasteiger partial charge in [0.1, 0.15) is 5.75 Å². The summed E-state index contributed by atoms with van der Waals surface area (Å²) < 4.78 is 4.87. The van der Waals surface area contributed by atoms with Crippen LogP contribution in [-0.4, -0.2) is 17.7 Å². The number of carboxylic acid groups (broad SMARTS) is 1. The number of halogens is 2. The smallest absolute Gasteiger partial charge is 0.341 e. The molecule has 0 spiro atoms. The Morgan fingerprint density at radius 3 is 2.57 bits per heavy atom. The Balaban J connectivity index is 2.87. The van der Waals surface area contributed by atoms with Gasteiger partial charge in [0.2, 0.25) is 0 Å². The molecule has 0 aliphatic rings. The van der Waals surface area contributed by atoms with Gasteiger partial charge in [-0.1, -0.05) is 23.2 Å².